The molecular weight excluding hydrogens is 224 g/mol. The third kappa shape index (κ3) is 3.12. The summed E-state index contributed by atoms with van der Waals surface area (Å²) in [7, 11) is 0. The number of aromatic amines is 1. The fourth-order valence-corrected chi connectivity index (χ4v) is 2.34. The minimum absolute atomic E-state index is 0.0134. The Balaban J connectivity index is 2.17. The molecule has 3 heteroatoms. The van der Waals surface area contributed by atoms with Gasteiger partial charge < -0.3 is 15.4 Å². The number of rotatable bonds is 4. The van der Waals surface area contributed by atoms with Crippen LogP contribution in [0.1, 0.15) is 26.3 Å². The third-order valence-corrected chi connectivity index (χ3v) is 3.00. The van der Waals surface area contributed by atoms with Crippen molar-refractivity contribution in [2.45, 2.75) is 38.8 Å². The van der Waals surface area contributed by atoms with Crippen molar-refractivity contribution in [3.63, 3.8) is 0 Å². The van der Waals surface area contributed by atoms with E-state index in [9.17, 15) is 5.11 Å². The molecule has 2 rings (SSSR count). The molecule has 18 heavy (non-hydrogen) atoms. The molecule has 0 unspecified atom stereocenters. The predicted molar refractivity (Wildman–Crippen MR) is 75.8 cm³/mol. The summed E-state index contributed by atoms with van der Waals surface area (Å²) in [6.45, 7) is 6.50. The van der Waals surface area contributed by atoms with E-state index in [1.165, 1.54) is 10.9 Å². The summed E-state index contributed by atoms with van der Waals surface area (Å²) in [5.74, 6) is 0. The van der Waals surface area contributed by atoms with Crippen molar-refractivity contribution in [1.29, 1.82) is 0 Å². The Hall–Kier alpha value is -1.32. The first kappa shape index (κ1) is 13.1. The largest absolute Gasteiger partial charge is 0.395 e. The molecule has 0 spiro atoms. The van der Waals surface area contributed by atoms with Gasteiger partial charge in [-0.05, 0) is 38.8 Å². The Morgan fingerprint density at radius 2 is 2.00 bits per heavy atom. The number of para-hydroxylation sites is 1. The number of hydrogen-bond acceptors (Lipinski definition) is 2. The van der Waals surface area contributed by atoms with Crippen molar-refractivity contribution in [2.24, 2.45) is 0 Å². The van der Waals surface area contributed by atoms with Crippen LogP contribution in [0.25, 0.3) is 10.9 Å². The smallest absolute Gasteiger partial charge is 0.0588 e. The first-order valence-electron chi connectivity index (χ1n) is 6.43. The van der Waals surface area contributed by atoms with Crippen LogP contribution in [0.3, 0.4) is 0 Å². The monoisotopic (exact) mass is 246 g/mol. The van der Waals surface area contributed by atoms with E-state index in [2.05, 4.69) is 43.2 Å². The number of aromatic nitrogens is 1. The number of nitrogens with one attached hydrogen (secondary N) is 2. The molecule has 1 heterocycles. The van der Waals surface area contributed by atoms with Crippen LogP contribution in [-0.4, -0.2) is 28.3 Å². The van der Waals surface area contributed by atoms with Crippen LogP contribution in [0.5, 0.6) is 0 Å². The Kier molecular flexibility index (Phi) is 3.73. The van der Waals surface area contributed by atoms with Crippen molar-refractivity contribution in [2.75, 3.05) is 6.61 Å². The zero-order valence-electron chi connectivity index (χ0n) is 11.3. The number of aliphatic hydroxyl groups is 1. The molecule has 0 radical (unpaired) electrons. The first-order chi connectivity index (χ1) is 8.49. The van der Waals surface area contributed by atoms with Crippen molar-refractivity contribution < 1.29 is 5.11 Å². The minimum Gasteiger partial charge on any atom is -0.395 e. The fourth-order valence-electron chi connectivity index (χ4n) is 2.34. The summed E-state index contributed by atoms with van der Waals surface area (Å²) in [5, 5.41) is 14.2. The van der Waals surface area contributed by atoms with Crippen molar-refractivity contribution in [3.8, 4) is 0 Å². The molecule has 0 aliphatic heterocycles. The van der Waals surface area contributed by atoms with Gasteiger partial charge in [-0.3, -0.25) is 0 Å². The molecule has 1 aromatic heterocycles. The maximum atomic E-state index is 9.49. The average molecular weight is 246 g/mol. The summed E-state index contributed by atoms with van der Waals surface area (Å²) in [6.07, 6.45) is 2.87. The van der Waals surface area contributed by atoms with Gasteiger partial charge in [0.2, 0.25) is 0 Å². The zero-order chi connectivity index (χ0) is 13.2. The lowest BCUT2D eigenvalue weighted by molar-refractivity contribution is 0.215. The second kappa shape index (κ2) is 5.12. The molecule has 3 nitrogen and oxygen atoms in total. The van der Waals surface area contributed by atoms with Crippen LogP contribution in [0.2, 0.25) is 0 Å². The second-order valence-electron chi connectivity index (χ2n) is 5.84. The number of benzene rings is 1. The molecule has 0 bridgehead atoms. The molecule has 0 aliphatic rings. The summed E-state index contributed by atoms with van der Waals surface area (Å²) >= 11 is 0. The van der Waals surface area contributed by atoms with E-state index in [4.69, 9.17) is 0 Å². The number of hydrogen-bond donors (Lipinski definition) is 3. The van der Waals surface area contributed by atoms with Gasteiger partial charge in [0.1, 0.15) is 0 Å². The van der Waals surface area contributed by atoms with Crippen LogP contribution >= 0.6 is 0 Å². The normalized spacial score (nSPS) is 14.0. The topological polar surface area (TPSA) is 48.0 Å². The highest BCUT2D eigenvalue weighted by Gasteiger charge is 2.18. The Bertz CT molecular complexity index is 510. The standard InChI is InChI=1S/C15H22N2O/c1-15(2,3)17-12(10-18)8-11-9-16-14-7-5-4-6-13(11)14/h4-7,9,12,16-18H,8,10H2,1-3H3/t12-/m0/s1. The first-order valence-corrected chi connectivity index (χ1v) is 6.43. The van der Waals surface area contributed by atoms with Crippen LogP contribution in [0.15, 0.2) is 30.5 Å². The lowest BCUT2D eigenvalue weighted by atomic mass is 10.0. The number of H-pyrrole nitrogens is 1. The molecule has 1 aromatic carbocycles. The predicted octanol–water partition coefficient (Wildman–Crippen LogP) is 2.46. The summed E-state index contributed by atoms with van der Waals surface area (Å²) in [5.41, 5.74) is 2.42. The Morgan fingerprint density at radius 3 is 2.67 bits per heavy atom. The highest BCUT2D eigenvalue weighted by atomic mass is 16.3. The van der Waals surface area contributed by atoms with Crippen molar-refractivity contribution in [3.05, 3.63) is 36.0 Å². The minimum atomic E-state index is 0.0134. The molecule has 3 N–H and O–H groups in total. The summed E-state index contributed by atoms with van der Waals surface area (Å²) in [6, 6.07) is 8.35. The van der Waals surface area contributed by atoms with Gasteiger partial charge in [0.05, 0.1) is 6.61 Å². The zero-order valence-corrected chi connectivity index (χ0v) is 11.3. The molecular formula is C15H22N2O. The lowest BCUT2D eigenvalue weighted by Crippen LogP contribution is -2.46. The van der Waals surface area contributed by atoms with Crippen LogP contribution in [0, 0.1) is 0 Å². The number of fused-ring (bicyclic) bond motifs is 1. The molecule has 0 fully saturated rings. The van der Waals surface area contributed by atoms with Gasteiger partial charge >= 0.3 is 0 Å². The van der Waals surface area contributed by atoms with E-state index in [-0.39, 0.29) is 18.2 Å². The van der Waals surface area contributed by atoms with Gasteiger partial charge in [0.25, 0.3) is 0 Å². The van der Waals surface area contributed by atoms with E-state index in [0.717, 1.165) is 11.9 Å². The van der Waals surface area contributed by atoms with E-state index >= 15 is 0 Å². The summed E-state index contributed by atoms with van der Waals surface area (Å²) in [4.78, 5) is 3.27. The van der Waals surface area contributed by atoms with Gasteiger partial charge in [-0.25, -0.2) is 0 Å². The van der Waals surface area contributed by atoms with Gasteiger partial charge in [-0.15, -0.1) is 0 Å². The third-order valence-electron chi connectivity index (χ3n) is 3.00. The lowest BCUT2D eigenvalue weighted by Gasteiger charge is -2.27. The van der Waals surface area contributed by atoms with Crippen LogP contribution in [0.4, 0.5) is 0 Å². The Morgan fingerprint density at radius 1 is 1.28 bits per heavy atom. The highest BCUT2D eigenvalue weighted by Crippen LogP contribution is 2.19. The highest BCUT2D eigenvalue weighted by molar-refractivity contribution is 5.83. The van der Waals surface area contributed by atoms with Gasteiger partial charge in [0, 0.05) is 28.7 Å². The fraction of sp³-hybridized carbons (Fsp3) is 0.467. The molecule has 0 aliphatic carbocycles. The van der Waals surface area contributed by atoms with E-state index in [1.54, 1.807) is 0 Å². The van der Waals surface area contributed by atoms with Crippen LogP contribution < -0.4 is 5.32 Å². The van der Waals surface area contributed by atoms with Crippen LogP contribution in [-0.2, 0) is 6.42 Å². The number of aliphatic hydroxyl groups excluding tert-OH is 1. The SMILES string of the molecule is CC(C)(C)N[C@H](CO)Cc1c[nH]c2ccccc12. The quantitative estimate of drug-likeness (QED) is 0.776. The molecule has 98 valence electrons. The van der Waals surface area contributed by atoms with Gasteiger partial charge in [0.15, 0.2) is 0 Å². The molecule has 0 saturated carbocycles. The molecule has 0 amide bonds. The molecule has 1 atom stereocenters. The second-order valence-corrected chi connectivity index (χ2v) is 5.84. The van der Waals surface area contributed by atoms with E-state index < -0.39 is 0 Å². The van der Waals surface area contributed by atoms with E-state index in [1.807, 2.05) is 18.3 Å². The maximum absolute atomic E-state index is 9.49. The molecule has 0 saturated heterocycles. The van der Waals surface area contributed by atoms with Gasteiger partial charge in [-0.1, -0.05) is 18.2 Å². The Labute approximate surface area is 108 Å². The van der Waals surface area contributed by atoms with Crippen molar-refractivity contribution in [1.82, 2.24) is 10.3 Å². The maximum Gasteiger partial charge on any atom is 0.0588 e. The molecule has 2 aromatic rings. The van der Waals surface area contributed by atoms with Crippen molar-refractivity contribution >= 4 is 10.9 Å². The van der Waals surface area contributed by atoms with E-state index in [0.29, 0.717) is 0 Å². The summed E-state index contributed by atoms with van der Waals surface area (Å²) < 4.78 is 0. The average Bonchev–Trinajstić information content (AvgIpc) is 2.70. The van der Waals surface area contributed by atoms with Gasteiger partial charge in [-0.2, -0.15) is 0 Å².